The zero-order valence-corrected chi connectivity index (χ0v) is 13.0. The largest absolute Gasteiger partial charge is 0.489 e. The summed E-state index contributed by atoms with van der Waals surface area (Å²) in [5.41, 5.74) is 2.39. The molecule has 0 fully saturated rings. The second kappa shape index (κ2) is 6.51. The SMILES string of the molecule is CNC1COc2ccc(C#Cc3cccnc3)cc2N(C)C1=O. The van der Waals surface area contributed by atoms with Gasteiger partial charge >= 0.3 is 0 Å². The summed E-state index contributed by atoms with van der Waals surface area (Å²) in [7, 11) is 3.50. The maximum Gasteiger partial charge on any atom is 0.247 e. The summed E-state index contributed by atoms with van der Waals surface area (Å²) in [6, 6.07) is 9.01. The number of hydrogen-bond donors (Lipinski definition) is 1. The molecule has 116 valence electrons. The van der Waals surface area contributed by atoms with Gasteiger partial charge in [0, 0.05) is 30.6 Å². The lowest BCUT2D eigenvalue weighted by Crippen LogP contribution is -2.45. The van der Waals surface area contributed by atoms with Crippen LogP contribution in [0, 0.1) is 11.8 Å². The molecule has 3 rings (SSSR count). The number of nitrogens with one attached hydrogen (secondary N) is 1. The standard InChI is InChI=1S/C18H17N3O2/c1-19-15-12-23-17-8-7-13(10-16(17)21(2)18(15)22)5-6-14-4-3-9-20-11-14/h3-4,7-11,15,19H,12H2,1-2H3. The van der Waals surface area contributed by atoms with Gasteiger partial charge in [0.15, 0.2) is 0 Å². The summed E-state index contributed by atoms with van der Waals surface area (Å²) in [6.45, 7) is 0.313. The molecule has 5 nitrogen and oxygen atoms in total. The third-order valence-electron chi connectivity index (χ3n) is 3.72. The predicted molar refractivity (Wildman–Crippen MR) is 88.4 cm³/mol. The zero-order valence-electron chi connectivity index (χ0n) is 13.0. The molecule has 1 amide bonds. The molecule has 0 spiro atoms. The van der Waals surface area contributed by atoms with Crippen molar-refractivity contribution in [2.45, 2.75) is 6.04 Å². The number of aromatic nitrogens is 1. The van der Waals surface area contributed by atoms with Crippen LogP contribution >= 0.6 is 0 Å². The highest BCUT2D eigenvalue weighted by Gasteiger charge is 2.28. The molecule has 1 aromatic heterocycles. The molecule has 0 radical (unpaired) electrons. The molecule has 0 saturated heterocycles. The topological polar surface area (TPSA) is 54.5 Å². The summed E-state index contributed by atoms with van der Waals surface area (Å²) < 4.78 is 5.73. The number of ether oxygens (including phenoxy) is 1. The Labute approximate surface area is 135 Å². The van der Waals surface area contributed by atoms with Crippen LogP contribution in [0.1, 0.15) is 11.1 Å². The highest BCUT2D eigenvalue weighted by atomic mass is 16.5. The number of hydrogen-bond acceptors (Lipinski definition) is 4. The van der Waals surface area contributed by atoms with Crippen LogP contribution < -0.4 is 15.0 Å². The summed E-state index contributed by atoms with van der Waals surface area (Å²) in [6.07, 6.45) is 3.43. The fourth-order valence-electron chi connectivity index (χ4n) is 2.36. The first-order chi connectivity index (χ1) is 11.2. The fourth-order valence-corrected chi connectivity index (χ4v) is 2.36. The summed E-state index contributed by atoms with van der Waals surface area (Å²) >= 11 is 0. The lowest BCUT2D eigenvalue weighted by molar-refractivity contribution is -0.120. The molecule has 1 aromatic carbocycles. The number of rotatable bonds is 1. The Hall–Kier alpha value is -2.84. The van der Waals surface area contributed by atoms with E-state index in [1.165, 1.54) is 0 Å². The van der Waals surface area contributed by atoms with Crippen LogP contribution in [0.4, 0.5) is 5.69 Å². The monoisotopic (exact) mass is 307 g/mol. The van der Waals surface area contributed by atoms with Crippen molar-refractivity contribution < 1.29 is 9.53 Å². The summed E-state index contributed by atoms with van der Waals surface area (Å²) in [4.78, 5) is 18.0. The first-order valence-corrected chi connectivity index (χ1v) is 7.33. The van der Waals surface area contributed by atoms with Gasteiger partial charge in [-0.15, -0.1) is 0 Å². The highest BCUT2D eigenvalue weighted by molar-refractivity contribution is 5.99. The van der Waals surface area contributed by atoms with Gasteiger partial charge in [-0.05, 0) is 37.4 Å². The first-order valence-electron chi connectivity index (χ1n) is 7.33. The molecule has 1 aliphatic rings. The summed E-state index contributed by atoms with van der Waals surface area (Å²) in [5, 5.41) is 2.97. The Kier molecular flexibility index (Phi) is 4.26. The predicted octanol–water partition coefficient (Wildman–Crippen LogP) is 1.42. The number of fused-ring (bicyclic) bond motifs is 1. The van der Waals surface area contributed by atoms with E-state index in [1.807, 2.05) is 30.3 Å². The van der Waals surface area contributed by atoms with Crippen molar-refractivity contribution >= 4 is 11.6 Å². The molecule has 1 aliphatic heterocycles. The van der Waals surface area contributed by atoms with E-state index in [0.29, 0.717) is 12.4 Å². The van der Waals surface area contributed by atoms with Gasteiger partial charge in [-0.3, -0.25) is 9.78 Å². The highest BCUT2D eigenvalue weighted by Crippen LogP contribution is 2.31. The smallest absolute Gasteiger partial charge is 0.247 e. The van der Waals surface area contributed by atoms with E-state index in [4.69, 9.17) is 4.74 Å². The van der Waals surface area contributed by atoms with Crippen LogP contribution in [0.3, 0.4) is 0 Å². The van der Waals surface area contributed by atoms with Gasteiger partial charge in [0.2, 0.25) is 5.91 Å². The van der Waals surface area contributed by atoms with Gasteiger partial charge in [0.1, 0.15) is 18.4 Å². The Morgan fingerprint density at radius 2 is 2.13 bits per heavy atom. The van der Waals surface area contributed by atoms with Crippen LogP contribution in [0.2, 0.25) is 0 Å². The van der Waals surface area contributed by atoms with Gasteiger partial charge in [-0.25, -0.2) is 0 Å². The van der Waals surface area contributed by atoms with E-state index in [0.717, 1.165) is 16.8 Å². The molecule has 1 unspecified atom stereocenters. The van der Waals surface area contributed by atoms with Crippen molar-refractivity contribution in [3.05, 3.63) is 53.9 Å². The maximum atomic E-state index is 12.4. The molecule has 1 N–H and O–H groups in total. The average molecular weight is 307 g/mol. The molecular weight excluding hydrogens is 290 g/mol. The Bertz CT molecular complexity index is 778. The number of likely N-dealkylation sites (N-methyl/N-ethyl adjacent to an activating group) is 2. The van der Waals surface area contributed by atoms with Gasteiger partial charge in [0.25, 0.3) is 0 Å². The van der Waals surface area contributed by atoms with E-state index >= 15 is 0 Å². The Morgan fingerprint density at radius 3 is 2.87 bits per heavy atom. The van der Waals surface area contributed by atoms with E-state index in [9.17, 15) is 4.79 Å². The normalized spacial score (nSPS) is 16.7. The third kappa shape index (κ3) is 3.17. The Morgan fingerprint density at radius 1 is 1.30 bits per heavy atom. The first kappa shape index (κ1) is 15.1. The maximum absolute atomic E-state index is 12.4. The number of carbonyl (C=O) groups is 1. The minimum Gasteiger partial charge on any atom is -0.489 e. The van der Waals surface area contributed by atoms with E-state index in [1.54, 1.807) is 31.4 Å². The number of pyridine rings is 1. The molecular formula is C18H17N3O2. The van der Waals surface area contributed by atoms with Crippen molar-refractivity contribution in [2.75, 3.05) is 25.6 Å². The van der Waals surface area contributed by atoms with E-state index in [-0.39, 0.29) is 11.9 Å². The molecule has 23 heavy (non-hydrogen) atoms. The number of benzene rings is 1. The fraction of sp³-hybridized carbons (Fsp3) is 0.222. The van der Waals surface area contributed by atoms with Gasteiger partial charge in [-0.1, -0.05) is 11.8 Å². The van der Waals surface area contributed by atoms with Gasteiger partial charge < -0.3 is 15.0 Å². The molecule has 5 heteroatoms. The second-order valence-electron chi connectivity index (χ2n) is 5.22. The molecule has 0 aliphatic carbocycles. The average Bonchev–Trinajstić information content (AvgIpc) is 2.71. The van der Waals surface area contributed by atoms with Crippen molar-refractivity contribution in [2.24, 2.45) is 0 Å². The molecule has 1 atom stereocenters. The lowest BCUT2D eigenvalue weighted by atomic mass is 10.1. The number of carbonyl (C=O) groups excluding carboxylic acids is 1. The molecule has 0 bridgehead atoms. The number of anilines is 1. The van der Waals surface area contributed by atoms with E-state index < -0.39 is 0 Å². The van der Waals surface area contributed by atoms with Crippen molar-refractivity contribution in [1.29, 1.82) is 0 Å². The number of nitrogens with zero attached hydrogens (tertiary/aromatic N) is 2. The van der Waals surface area contributed by atoms with Crippen LogP contribution in [-0.4, -0.2) is 37.6 Å². The number of amides is 1. The van der Waals surface area contributed by atoms with E-state index in [2.05, 4.69) is 22.1 Å². The van der Waals surface area contributed by atoms with Crippen LogP contribution in [0.25, 0.3) is 0 Å². The lowest BCUT2D eigenvalue weighted by Gasteiger charge is -2.19. The molecule has 0 saturated carbocycles. The van der Waals surface area contributed by atoms with Crippen molar-refractivity contribution in [1.82, 2.24) is 10.3 Å². The van der Waals surface area contributed by atoms with Crippen molar-refractivity contribution in [3.8, 4) is 17.6 Å². The molecule has 2 heterocycles. The van der Waals surface area contributed by atoms with Gasteiger partial charge in [0.05, 0.1) is 5.69 Å². The van der Waals surface area contributed by atoms with Crippen molar-refractivity contribution in [3.63, 3.8) is 0 Å². The Balaban J connectivity index is 1.92. The van der Waals surface area contributed by atoms with Crippen LogP contribution in [0.5, 0.6) is 5.75 Å². The summed E-state index contributed by atoms with van der Waals surface area (Å²) in [5.74, 6) is 6.81. The second-order valence-corrected chi connectivity index (χ2v) is 5.22. The zero-order chi connectivity index (χ0) is 16.2. The molecule has 2 aromatic rings. The minimum absolute atomic E-state index is 0.0244. The third-order valence-corrected chi connectivity index (χ3v) is 3.72. The quantitative estimate of drug-likeness (QED) is 0.810. The minimum atomic E-state index is -0.350. The van der Waals surface area contributed by atoms with Crippen LogP contribution in [-0.2, 0) is 4.79 Å². The van der Waals surface area contributed by atoms with Gasteiger partial charge in [-0.2, -0.15) is 0 Å². The van der Waals surface area contributed by atoms with Crippen LogP contribution in [0.15, 0.2) is 42.7 Å².